The van der Waals surface area contributed by atoms with Gasteiger partial charge in [-0.25, -0.2) is 4.39 Å². The number of carbonyl (C=O) groups excluding carboxylic acids is 1. The lowest BCUT2D eigenvalue weighted by Gasteiger charge is -1.98. The van der Waals surface area contributed by atoms with Crippen molar-refractivity contribution in [1.82, 2.24) is 5.32 Å². The number of hydrogen-bond acceptors (Lipinski definition) is 4. The standard InChI is InChI=1S/C8H4FN3O3/c9-6-1-5(8(13)11-4-10)2-7(3-6)12(14)15/h1-3H,(H,11,13). The van der Waals surface area contributed by atoms with E-state index in [0.29, 0.717) is 6.07 Å². The minimum Gasteiger partial charge on any atom is -0.268 e. The van der Waals surface area contributed by atoms with Crippen LogP contribution in [0.25, 0.3) is 0 Å². The Labute approximate surface area is 83.1 Å². The number of nitrogens with zero attached hydrogens (tertiary/aromatic N) is 2. The minimum absolute atomic E-state index is 0.275. The van der Waals surface area contributed by atoms with Gasteiger partial charge in [0.05, 0.1) is 16.6 Å². The molecular formula is C8H4FN3O3. The van der Waals surface area contributed by atoms with Crippen LogP contribution in [-0.4, -0.2) is 10.8 Å². The summed E-state index contributed by atoms with van der Waals surface area (Å²) in [6.07, 6.45) is 1.34. The van der Waals surface area contributed by atoms with E-state index < -0.39 is 22.3 Å². The molecule has 0 fully saturated rings. The molecule has 1 amide bonds. The predicted octanol–water partition coefficient (Wildman–Crippen LogP) is 0.945. The zero-order valence-electron chi connectivity index (χ0n) is 7.23. The van der Waals surface area contributed by atoms with Crippen LogP contribution in [0.1, 0.15) is 10.4 Å². The third-order valence-electron chi connectivity index (χ3n) is 1.52. The SMILES string of the molecule is N#CNC(=O)c1cc(F)cc([N+](=O)[O-])c1. The highest BCUT2D eigenvalue weighted by molar-refractivity contribution is 5.95. The van der Waals surface area contributed by atoms with Crippen LogP contribution in [0.15, 0.2) is 18.2 Å². The number of nitriles is 1. The van der Waals surface area contributed by atoms with E-state index in [0.717, 1.165) is 12.1 Å². The summed E-state index contributed by atoms with van der Waals surface area (Å²) in [5.41, 5.74) is -0.818. The molecule has 1 N–H and O–H groups in total. The number of nitrogens with one attached hydrogen (secondary N) is 1. The van der Waals surface area contributed by atoms with Crippen molar-refractivity contribution in [3.8, 4) is 6.19 Å². The van der Waals surface area contributed by atoms with Gasteiger partial charge < -0.3 is 0 Å². The van der Waals surface area contributed by atoms with E-state index in [-0.39, 0.29) is 5.56 Å². The fourth-order valence-corrected chi connectivity index (χ4v) is 0.934. The summed E-state index contributed by atoms with van der Waals surface area (Å²) < 4.78 is 12.8. The van der Waals surface area contributed by atoms with E-state index in [9.17, 15) is 19.3 Å². The Kier molecular flexibility index (Phi) is 2.93. The third-order valence-corrected chi connectivity index (χ3v) is 1.52. The smallest absolute Gasteiger partial charge is 0.268 e. The number of nitro groups is 1. The van der Waals surface area contributed by atoms with Crippen molar-refractivity contribution < 1.29 is 14.1 Å². The molecule has 0 saturated carbocycles. The van der Waals surface area contributed by atoms with Crippen LogP contribution in [-0.2, 0) is 0 Å². The van der Waals surface area contributed by atoms with E-state index in [1.54, 1.807) is 5.32 Å². The molecule has 0 aromatic heterocycles. The molecule has 1 aromatic carbocycles. The van der Waals surface area contributed by atoms with Gasteiger partial charge in [-0.15, -0.1) is 0 Å². The van der Waals surface area contributed by atoms with Crippen molar-refractivity contribution in [2.45, 2.75) is 0 Å². The lowest BCUT2D eigenvalue weighted by atomic mass is 10.2. The van der Waals surface area contributed by atoms with Crippen LogP contribution >= 0.6 is 0 Å². The number of amides is 1. The topological polar surface area (TPSA) is 96.0 Å². The first-order chi connectivity index (χ1) is 7.04. The van der Waals surface area contributed by atoms with Crippen LogP contribution in [0.2, 0.25) is 0 Å². The van der Waals surface area contributed by atoms with Gasteiger partial charge in [0.15, 0.2) is 6.19 Å². The van der Waals surface area contributed by atoms with E-state index in [4.69, 9.17) is 5.26 Å². The van der Waals surface area contributed by atoms with Gasteiger partial charge >= 0.3 is 0 Å². The van der Waals surface area contributed by atoms with Gasteiger partial charge in [-0.2, -0.15) is 5.26 Å². The van der Waals surface area contributed by atoms with Gasteiger partial charge in [0.2, 0.25) is 0 Å². The highest BCUT2D eigenvalue weighted by atomic mass is 19.1. The number of halogens is 1. The van der Waals surface area contributed by atoms with Crippen LogP contribution in [0.4, 0.5) is 10.1 Å². The van der Waals surface area contributed by atoms with Crippen molar-refractivity contribution in [2.75, 3.05) is 0 Å². The number of hydrogen-bond donors (Lipinski definition) is 1. The second-order valence-corrected chi connectivity index (χ2v) is 2.52. The number of non-ortho nitro benzene ring substituents is 1. The number of carbonyl (C=O) groups is 1. The minimum atomic E-state index is -0.910. The third kappa shape index (κ3) is 2.47. The molecule has 0 heterocycles. The van der Waals surface area contributed by atoms with Crippen LogP contribution < -0.4 is 5.32 Å². The molecule has 0 unspecified atom stereocenters. The maximum atomic E-state index is 12.8. The monoisotopic (exact) mass is 209 g/mol. The molecule has 0 aliphatic heterocycles. The fourth-order valence-electron chi connectivity index (χ4n) is 0.934. The molecule has 0 aliphatic carbocycles. The second-order valence-electron chi connectivity index (χ2n) is 2.52. The Morgan fingerprint density at radius 3 is 2.73 bits per heavy atom. The summed E-state index contributed by atoms with van der Waals surface area (Å²) in [7, 11) is 0. The molecule has 0 radical (unpaired) electrons. The molecular weight excluding hydrogens is 205 g/mol. The highest BCUT2D eigenvalue weighted by Gasteiger charge is 2.14. The molecule has 6 nitrogen and oxygen atoms in total. The highest BCUT2D eigenvalue weighted by Crippen LogP contribution is 2.15. The Bertz CT molecular complexity index is 467. The van der Waals surface area contributed by atoms with E-state index in [1.807, 2.05) is 0 Å². The summed E-state index contributed by atoms with van der Waals surface area (Å²) in [6.45, 7) is 0. The van der Waals surface area contributed by atoms with E-state index >= 15 is 0 Å². The van der Waals surface area contributed by atoms with Crippen molar-refractivity contribution >= 4 is 11.6 Å². The number of nitro benzene ring substituents is 1. The maximum Gasteiger partial charge on any atom is 0.273 e. The molecule has 7 heteroatoms. The van der Waals surface area contributed by atoms with Crippen molar-refractivity contribution in [1.29, 1.82) is 5.26 Å². The second kappa shape index (κ2) is 4.15. The fraction of sp³-hybridized carbons (Fsp3) is 0. The summed E-state index contributed by atoms with van der Waals surface area (Å²) in [5.74, 6) is -1.80. The molecule has 76 valence electrons. The predicted molar refractivity (Wildman–Crippen MR) is 46.1 cm³/mol. The van der Waals surface area contributed by atoms with Crippen molar-refractivity contribution in [3.63, 3.8) is 0 Å². The van der Waals surface area contributed by atoms with Gasteiger partial charge in [-0.3, -0.25) is 20.2 Å². The molecule has 0 bridgehead atoms. The van der Waals surface area contributed by atoms with Crippen LogP contribution in [0.5, 0.6) is 0 Å². The zero-order chi connectivity index (χ0) is 11.4. The Hall–Kier alpha value is -2.49. The van der Waals surface area contributed by atoms with Gasteiger partial charge in [-0.1, -0.05) is 0 Å². The average Bonchev–Trinajstić information content (AvgIpc) is 2.17. The lowest BCUT2D eigenvalue weighted by molar-refractivity contribution is -0.385. The molecule has 1 rings (SSSR count). The summed E-state index contributed by atoms with van der Waals surface area (Å²) in [6, 6.07) is 2.37. The molecule has 0 saturated heterocycles. The van der Waals surface area contributed by atoms with E-state index in [2.05, 4.69) is 0 Å². The summed E-state index contributed by atoms with van der Waals surface area (Å²) in [4.78, 5) is 20.5. The van der Waals surface area contributed by atoms with Gasteiger partial charge in [-0.05, 0) is 6.07 Å². The quantitative estimate of drug-likeness (QED) is 0.339. The van der Waals surface area contributed by atoms with Crippen molar-refractivity contribution in [3.05, 3.63) is 39.7 Å². The Balaban J connectivity index is 3.15. The molecule has 0 aliphatic rings. The van der Waals surface area contributed by atoms with Crippen LogP contribution in [0.3, 0.4) is 0 Å². The molecule has 1 aromatic rings. The summed E-state index contributed by atoms with van der Waals surface area (Å²) >= 11 is 0. The number of rotatable bonds is 2. The lowest BCUT2D eigenvalue weighted by Crippen LogP contribution is -2.17. The first-order valence-corrected chi connectivity index (χ1v) is 3.69. The zero-order valence-corrected chi connectivity index (χ0v) is 7.23. The number of benzene rings is 1. The van der Waals surface area contributed by atoms with E-state index in [1.165, 1.54) is 6.19 Å². The van der Waals surface area contributed by atoms with Crippen LogP contribution in [0, 0.1) is 27.4 Å². The molecule has 0 atom stereocenters. The van der Waals surface area contributed by atoms with Crippen molar-refractivity contribution in [2.24, 2.45) is 0 Å². The Morgan fingerprint density at radius 1 is 1.53 bits per heavy atom. The van der Waals surface area contributed by atoms with Gasteiger partial charge in [0.1, 0.15) is 5.82 Å². The first-order valence-electron chi connectivity index (χ1n) is 3.69. The molecule has 15 heavy (non-hydrogen) atoms. The molecule has 0 spiro atoms. The van der Waals surface area contributed by atoms with Gasteiger partial charge in [0, 0.05) is 6.07 Å². The summed E-state index contributed by atoms with van der Waals surface area (Å²) in [5, 5.41) is 20.2. The van der Waals surface area contributed by atoms with Gasteiger partial charge in [0.25, 0.3) is 11.6 Å². The average molecular weight is 209 g/mol. The normalized spacial score (nSPS) is 9.07. The maximum absolute atomic E-state index is 12.8. The Morgan fingerprint density at radius 2 is 2.20 bits per heavy atom. The largest absolute Gasteiger partial charge is 0.273 e. The first kappa shape index (κ1) is 10.6.